The van der Waals surface area contributed by atoms with Crippen LogP contribution in [0.5, 0.6) is 0 Å². The lowest BCUT2D eigenvalue weighted by atomic mass is 9.68. The van der Waals surface area contributed by atoms with Crippen molar-refractivity contribution in [3.05, 3.63) is 24.0 Å². The van der Waals surface area contributed by atoms with Gasteiger partial charge >= 0.3 is 5.97 Å². The van der Waals surface area contributed by atoms with Gasteiger partial charge in [0, 0.05) is 25.3 Å². The predicted octanol–water partition coefficient (Wildman–Crippen LogP) is 1.03. The molecule has 3 rings (SSSR count). The fourth-order valence-corrected chi connectivity index (χ4v) is 3.80. The third kappa shape index (κ3) is 2.23. The number of carboxylic acid groups (broad SMARTS) is 1. The SMILES string of the molecule is CN1CCC[C@]2(C(=O)O)CCN(C(=O)c3ccc[nH]3)C[C@@H]12. The van der Waals surface area contributed by atoms with E-state index in [9.17, 15) is 14.7 Å². The predicted molar refractivity (Wildman–Crippen MR) is 77.0 cm³/mol. The van der Waals surface area contributed by atoms with E-state index in [4.69, 9.17) is 0 Å². The number of fused-ring (bicyclic) bond motifs is 1. The van der Waals surface area contributed by atoms with E-state index in [2.05, 4.69) is 9.88 Å². The molecule has 1 aromatic rings. The Balaban J connectivity index is 1.82. The molecular formula is C15H21N3O3. The van der Waals surface area contributed by atoms with Crippen molar-refractivity contribution in [3.63, 3.8) is 0 Å². The van der Waals surface area contributed by atoms with Crippen molar-refractivity contribution in [1.29, 1.82) is 0 Å². The number of nitrogens with one attached hydrogen (secondary N) is 1. The molecule has 0 radical (unpaired) electrons. The van der Waals surface area contributed by atoms with Crippen LogP contribution in [0.25, 0.3) is 0 Å². The minimum absolute atomic E-state index is 0.0436. The lowest BCUT2D eigenvalue weighted by molar-refractivity contribution is -0.161. The van der Waals surface area contributed by atoms with Crippen molar-refractivity contribution in [1.82, 2.24) is 14.8 Å². The molecule has 0 bridgehead atoms. The number of carboxylic acids is 1. The molecule has 3 heterocycles. The zero-order valence-electron chi connectivity index (χ0n) is 12.2. The van der Waals surface area contributed by atoms with Gasteiger partial charge in [0.2, 0.25) is 0 Å². The minimum Gasteiger partial charge on any atom is -0.481 e. The summed E-state index contributed by atoms with van der Waals surface area (Å²) in [5, 5.41) is 9.71. The quantitative estimate of drug-likeness (QED) is 0.853. The monoisotopic (exact) mass is 291 g/mol. The van der Waals surface area contributed by atoms with Gasteiger partial charge < -0.3 is 19.9 Å². The van der Waals surface area contributed by atoms with Crippen LogP contribution >= 0.6 is 0 Å². The molecule has 0 aromatic carbocycles. The summed E-state index contributed by atoms with van der Waals surface area (Å²) in [6.45, 7) is 1.89. The maximum absolute atomic E-state index is 12.4. The minimum atomic E-state index is -0.717. The molecule has 0 spiro atoms. The highest BCUT2D eigenvalue weighted by atomic mass is 16.4. The van der Waals surface area contributed by atoms with Gasteiger partial charge in [0.1, 0.15) is 5.69 Å². The zero-order valence-corrected chi connectivity index (χ0v) is 12.2. The highest BCUT2D eigenvalue weighted by molar-refractivity contribution is 5.92. The van der Waals surface area contributed by atoms with Gasteiger partial charge in [0.05, 0.1) is 5.41 Å². The second kappa shape index (κ2) is 5.18. The number of carbonyl (C=O) groups is 2. The number of piperidine rings is 2. The van der Waals surface area contributed by atoms with Crippen LogP contribution in [-0.4, -0.2) is 64.5 Å². The summed E-state index contributed by atoms with van der Waals surface area (Å²) in [6, 6.07) is 3.45. The normalized spacial score (nSPS) is 30.0. The van der Waals surface area contributed by atoms with Crippen LogP contribution < -0.4 is 0 Å². The molecule has 6 nitrogen and oxygen atoms in total. The lowest BCUT2D eigenvalue weighted by Gasteiger charge is -2.51. The molecule has 2 atom stereocenters. The Bertz CT molecular complexity index is 542. The number of aromatic amines is 1. The summed E-state index contributed by atoms with van der Waals surface area (Å²) in [4.78, 5) is 31.1. The number of likely N-dealkylation sites (tertiary alicyclic amines) is 2. The van der Waals surface area contributed by atoms with Gasteiger partial charge in [-0.05, 0) is 45.0 Å². The topological polar surface area (TPSA) is 76.6 Å². The van der Waals surface area contributed by atoms with Gasteiger partial charge in [-0.3, -0.25) is 9.59 Å². The number of likely N-dealkylation sites (N-methyl/N-ethyl adjacent to an activating group) is 1. The van der Waals surface area contributed by atoms with Gasteiger partial charge in [-0.15, -0.1) is 0 Å². The number of H-pyrrole nitrogens is 1. The average molecular weight is 291 g/mol. The molecule has 2 aliphatic rings. The first-order valence-electron chi connectivity index (χ1n) is 7.41. The molecule has 2 saturated heterocycles. The van der Waals surface area contributed by atoms with Gasteiger partial charge in [0.15, 0.2) is 0 Å². The van der Waals surface area contributed by atoms with Crippen molar-refractivity contribution in [2.24, 2.45) is 5.41 Å². The van der Waals surface area contributed by atoms with Crippen LogP contribution in [0.1, 0.15) is 29.8 Å². The number of nitrogens with zero attached hydrogens (tertiary/aromatic N) is 2. The summed E-state index contributed by atoms with van der Waals surface area (Å²) in [5.41, 5.74) is -0.129. The maximum Gasteiger partial charge on any atom is 0.311 e. The number of aliphatic carboxylic acids is 1. The van der Waals surface area contributed by atoms with Crippen molar-refractivity contribution in [2.75, 3.05) is 26.7 Å². The van der Waals surface area contributed by atoms with Crippen molar-refractivity contribution in [2.45, 2.75) is 25.3 Å². The van der Waals surface area contributed by atoms with Crippen LogP contribution in [0, 0.1) is 5.41 Å². The van der Waals surface area contributed by atoms with Crippen LogP contribution in [0.4, 0.5) is 0 Å². The molecule has 21 heavy (non-hydrogen) atoms. The molecule has 1 aromatic heterocycles. The van der Waals surface area contributed by atoms with Gasteiger partial charge in [-0.2, -0.15) is 0 Å². The first kappa shape index (κ1) is 14.1. The van der Waals surface area contributed by atoms with E-state index >= 15 is 0 Å². The summed E-state index contributed by atoms with van der Waals surface area (Å²) < 4.78 is 0. The van der Waals surface area contributed by atoms with Crippen LogP contribution in [0.15, 0.2) is 18.3 Å². The molecule has 2 fully saturated rings. The van der Waals surface area contributed by atoms with Gasteiger partial charge in [0.25, 0.3) is 5.91 Å². The molecule has 1 amide bonds. The molecule has 2 N–H and O–H groups in total. The Hall–Kier alpha value is -1.82. The van der Waals surface area contributed by atoms with Gasteiger partial charge in [-0.1, -0.05) is 0 Å². The van der Waals surface area contributed by atoms with Crippen molar-refractivity contribution < 1.29 is 14.7 Å². The molecule has 0 saturated carbocycles. The van der Waals surface area contributed by atoms with E-state index < -0.39 is 11.4 Å². The standard InChI is InChI=1S/C15H21N3O3/c1-17-8-3-5-15(14(20)21)6-9-18(10-12(15)17)13(19)11-4-2-7-16-11/h2,4,7,12,16H,3,5-6,8-10H2,1H3,(H,20,21)/t12-,15+/m1/s1. The first-order chi connectivity index (χ1) is 10.0. The molecule has 0 unspecified atom stereocenters. The van der Waals surface area contributed by atoms with E-state index in [-0.39, 0.29) is 11.9 Å². The first-order valence-corrected chi connectivity index (χ1v) is 7.41. The highest BCUT2D eigenvalue weighted by Gasteiger charge is 2.52. The van der Waals surface area contributed by atoms with E-state index in [1.807, 2.05) is 7.05 Å². The van der Waals surface area contributed by atoms with Crippen molar-refractivity contribution in [3.8, 4) is 0 Å². The second-order valence-corrected chi connectivity index (χ2v) is 6.15. The van der Waals surface area contributed by atoms with E-state index in [1.54, 1.807) is 23.2 Å². The second-order valence-electron chi connectivity index (χ2n) is 6.15. The fraction of sp³-hybridized carbons (Fsp3) is 0.600. The molecular weight excluding hydrogens is 270 g/mol. The number of hydrogen-bond acceptors (Lipinski definition) is 3. The van der Waals surface area contributed by atoms with Gasteiger partial charge in [-0.25, -0.2) is 0 Å². The Morgan fingerprint density at radius 1 is 1.38 bits per heavy atom. The number of rotatable bonds is 2. The third-order valence-electron chi connectivity index (χ3n) is 5.07. The van der Waals surface area contributed by atoms with Crippen LogP contribution in [-0.2, 0) is 4.79 Å². The van der Waals surface area contributed by atoms with E-state index in [1.165, 1.54) is 0 Å². The largest absolute Gasteiger partial charge is 0.481 e. The third-order valence-corrected chi connectivity index (χ3v) is 5.07. The van der Waals surface area contributed by atoms with E-state index in [0.29, 0.717) is 31.6 Å². The smallest absolute Gasteiger partial charge is 0.311 e. The highest BCUT2D eigenvalue weighted by Crippen LogP contribution is 2.42. The van der Waals surface area contributed by atoms with Crippen LogP contribution in [0.2, 0.25) is 0 Å². The zero-order chi connectivity index (χ0) is 15.0. The Labute approximate surface area is 123 Å². The van der Waals surface area contributed by atoms with Crippen molar-refractivity contribution >= 4 is 11.9 Å². The Kier molecular flexibility index (Phi) is 3.49. The number of carbonyl (C=O) groups excluding carboxylic acids is 1. The van der Waals surface area contributed by atoms with Crippen LogP contribution in [0.3, 0.4) is 0 Å². The Morgan fingerprint density at radius 3 is 2.86 bits per heavy atom. The molecule has 6 heteroatoms. The Morgan fingerprint density at radius 2 is 2.19 bits per heavy atom. The molecule has 2 aliphatic heterocycles. The molecule has 0 aliphatic carbocycles. The van der Waals surface area contributed by atoms with E-state index in [0.717, 1.165) is 13.0 Å². The number of amides is 1. The summed E-state index contributed by atoms with van der Waals surface area (Å²) in [5.74, 6) is -0.760. The average Bonchev–Trinajstić information content (AvgIpc) is 3.00. The fourth-order valence-electron chi connectivity index (χ4n) is 3.80. The number of aromatic nitrogens is 1. The maximum atomic E-state index is 12.4. The summed E-state index contributed by atoms with van der Waals surface area (Å²) in [6.07, 6.45) is 3.88. The summed E-state index contributed by atoms with van der Waals surface area (Å²) in [7, 11) is 1.96. The number of hydrogen-bond donors (Lipinski definition) is 2. The lowest BCUT2D eigenvalue weighted by Crippen LogP contribution is -2.63. The molecule has 114 valence electrons. The summed E-state index contributed by atoms with van der Waals surface area (Å²) >= 11 is 0.